The molecule has 6 N–H and O–H groups in total. The van der Waals surface area contributed by atoms with Crippen molar-refractivity contribution in [3.05, 3.63) is 0 Å². The molecular formula is C8H15N3O3S. The van der Waals surface area contributed by atoms with E-state index in [2.05, 4.69) is 5.32 Å². The number of amides is 1. The maximum absolute atomic E-state index is 10.9. The summed E-state index contributed by atoms with van der Waals surface area (Å²) in [6.07, 6.45) is 0. The number of carboxylic acid groups (broad SMARTS) is 1. The number of carbonyl (C=O) groups is 2. The standard InChI is InChI=1S/C8H15N3O3S/c1-8(2)4(7(13)14)11-6(15-8)3(9)5(10)12/h3-4,6,11H,9H2,1-2H3,(H2,10,12)(H,13,14). The second kappa shape index (κ2) is 3.99. The molecule has 15 heavy (non-hydrogen) atoms. The van der Waals surface area contributed by atoms with Crippen LogP contribution >= 0.6 is 11.8 Å². The molecule has 0 aromatic carbocycles. The Morgan fingerprint density at radius 2 is 2.07 bits per heavy atom. The molecule has 0 aromatic rings. The number of nitrogens with two attached hydrogens (primary N) is 2. The number of thioether (sulfide) groups is 1. The second-order valence-corrected chi connectivity index (χ2v) is 5.80. The van der Waals surface area contributed by atoms with Crippen LogP contribution in [0.2, 0.25) is 0 Å². The summed E-state index contributed by atoms with van der Waals surface area (Å²) in [5.74, 6) is -1.59. The lowest BCUT2D eigenvalue weighted by molar-refractivity contribution is -0.140. The monoisotopic (exact) mass is 233 g/mol. The van der Waals surface area contributed by atoms with Gasteiger partial charge in [-0.1, -0.05) is 0 Å². The molecule has 3 unspecified atom stereocenters. The van der Waals surface area contributed by atoms with Gasteiger partial charge in [-0.05, 0) is 13.8 Å². The van der Waals surface area contributed by atoms with Gasteiger partial charge >= 0.3 is 5.97 Å². The van der Waals surface area contributed by atoms with Crippen LogP contribution in [0.3, 0.4) is 0 Å². The van der Waals surface area contributed by atoms with Gasteiger partial charge in [0.1, 0.15) is 12.1 Å². The van der Waals surface area contributed by atoms with Crippen molar-refractivity contribution >= 4 is 23.6 Å². The van der Waals surface area contributed by atoms with E-state index in [1.54, 1.807) is 13.8 Å². The minimum absolute atomic E-state index is 0.446. The molecule has 6 nitrogen and oxygen atoms in total. The van der Waals surface area contributed by atoms with Crippen LogP contribution in [-0.4, -0.2) is 39.2 Å². The van der Waals surface area contributed by atoms with Gasteiger partial charge in [-0.3, -0.25) is 14.9 Å². The Morgan fingerprint density at radius 1 is 1.53 bits per heavy atom. The SMILES string of the molecule is CC1(C)SC(C(N)C(N)=O)NC1C(=O)O. The number of nitrogens with one attached hydrogen (secondary N) is 1. The summed E-state index contributed by atoms with van der Waals surface area (Å²) in [6, 6.07) is -1.60. The van der Waals surface area contributed by atoms with E-state index >= 15 is 0 Å². The van der Waals surface area contributed by atoms with Crippen LogP contribution in [0.25, 0.3) is 0 Å². The zero-order chi connectivity index (χ0) is 11.8. The summed E-state index contributed by atoms with van der Waals surface area (Å²) in [5.41, 5.74) is 10.6. The Kier molecular flexibility index (Phi) is 3.27. The number of carbonyl (C=O) groups excluding carboxylic acids is 1. The number of hydrogen-bond acceptors (Lipinski definition) is 5. The van der Waals surface area contributed by atoms with Gasteiger partial charge < -0.3 is 16.6 Å². The predicted molar refractivity (Wildman–Crippen MR) is 57.2 cm³/mol. The summed E-state index contributed by atoms with van der Waals surface area (Å²) in [4.78, 5) is 21.8. The molecule has 0 aliphatic carbocycles. The molecule has 7 heteroatoms. The van der Waals surface area contributed by atoms with Gasteiger partial charge in [0, 0.05) is 4.75 Å². The van der Waals surface area contributed by atoms with Crippen molar-refractivity contribution in [1.82, 2.24) is 5.32 Å². The maximum atomic E-state index is 10.9. The Balaban J connectivity index is 2.78. The van der Waals surface area contributed by atoms with Gasteiger partial charge in [-0.2, -0.15) is 0 Å². The van der Waals surface area contributed by atoms with Gasteiger partial charge in [0.15, 0.2) is 0 Å². The number of primary amides is 1. The van der Waals surface area contributed by atoms with Crippen molar-refractivity contribution in [3.8, 4) is 0 Å². The third-order valence-corrected chi connectivity index (χ3v) is 3.88. The highest BCUT2D eigenvalue weighted by Crippen LogP contribution is 2.38. The summed E-state index contributed by atoms with van der Waals surface area (Å²) < 4.78 is -0.510. The molecule has 1 rings (SSSR count). The number of carboxylic acids is 1. The average Bonchev–Trinajstić information content (AvgIpc) is 2.39. The Bertz CT molecular complexity index is 295. The Labute approximate surface area is 91.8 Å². The Hall–Kier alpha value is -0.790. The minimum Gasteiger partial charge on any atom is -0.480 e. The minimum atomic E-state index is -0.952. The van der Waals surface area contributed by atoms with Crippen LogP contribution in [0.1, 0.15) is 13.8 Å². The summed E-state index contributed by atoms with van der Waals surface area (Å²) in [5, 5.41) is 11.3. The molecule has 0 bridgehead atoms. The molecule has 1 aliphatic rings. The first kappa shape index (κ1) is 12.3. The van der Waals surface area contributed by atoms with Crippen molar-refractivity contribution in [2.75, 3.05) is 0 Å². The molecule has 1 amide bonds. The van der Waals surface area contributed by atoms with E-state index < -0.39 is 34.1 Å². The van der Waals surface area contributed by atoms with Gasteiger partial charge in [-0.25, -0.2) is 0 Å². The number of hydrogen-bond donors (Lipinski definition) is 4. The lowest BCUT2D eigenvalue weighted by Crippen LogP contribution is -2.52. The molecule has 1 fully saturated rings. The highest BCUT2D eigenvalue weighted by atomic mass is 32.2. The molecule has 0 radical (unpaired) electrons. The molecule has 0 aromatic heterocycles. The topological polar surface area (TPSA) is 118 Å². The smallest absolute Gasteiger partial charge is 0.322 e. The first-order valence-electron chi connectivity index (χ1n) is 4.47. The summed E-state index contributed by atoms with van der Waals surface area (Å²) in [6.45, 7) is 3.58. The molecule has 86 valence electrons. The van der Waals surface area contributed by atoms with Crippen LogP contribution in [-0.2, 0) is 9.59 Å². The van der Waals surface area contributed by atoms with E-state index in [9.17, 15) is 9.59 Å². The third kappa shape index (κ3) is 2.42. The highest BCUT2D eigenvalue weighted by molar-refractivity contribution is 8.01. The normalized spacial score (nSPS) is 31.1. The van der Waals surface area contributed by atoms with Crippen molar-refractivity contribution in [2.45, 2.75) is 36.1 Å². The average molecular weight is 233 g/mol. The van der Waals surface area contributed by atoms with Gasteiger partial charge in [0.05, 0.1) is 5.37 Å². The van der Waals surface area contributed by atoms with Crippen molar-refractivity contribution in [1.29, 1.82) is 0 Å². The maximum Gasteiger partial charge on any atom is 0.322 e. The molecule has 1 heterocycles. The van der Waals surface area contributed by atoms with E-state index in [4.69, 9.17) is 16.6 Å². The van der Waals surface area contributed by atoms with Gasteiger partial charge in [0.25, 0.3) is 0 Å². The lowest BCUT2D eigenvalue weighted by Gasteiger charge is -2.21. The van der Waals surface area contributed by atoms with Crippen molar-refractivity contribution < 1.29 is 14.7 Å². The lowest BCUT2D eigenvalue weighted by atomic mass is 10.0. The fraction of sp³-hybridized carbons (Fsp3) is 0.750. The fourth-order valence-corrected chi connectivity index (χ4v) is 2.93. The van der Waals surface area contributed by atoms with Crippen LogP contribution in [0, 0.1) is 0 Å². The third-order valence-electron chi connectivity index (χ3n) is 2.36. The predicted octanol–water partition coefficient (Wildman–Crippen LogP) is -1.31. The van der Waals surface area contributed by atoms with Crippen molar-refractivity contribution in [3.63, 3.8) is 0 Å². The first-order chi connectivity index (χ1) is 6.75. The quantitative estimate of drug-likeness (QED) is 0.481. The van der Waals surface area contributed by atoms with Crippen LogP contribution in [0.4, 0.5) is 0 Å². The van der Waals surface area contributed by atoms with Gasteiger partial charge in [0.2, 0.25) is 5.91 Å². The Morgan fingerprint density at radius 3 is 2.40 bits per heavy atom. The van der Waals surface area contributed by atoms with Crippen LogP contribution in [0.5, 0.6) is 0 Å². The summed E-state index contributed by atoms with van der Waals surface area (Å²) >= 11 is 1.32. The molecule has 0 spiro atoms. The zero-order valence-electron chi connectivity index (χ0n) is 8.56. The van der Waals surface area contributed by atoms with E-state index in [-0.39, 0.29) is 0 Å². The van der Waals surface area contributed by atoms with E-state index in [1.165, 1.54) is 11.8 Å². The molecular weight excluding hydrogens is 218 g/mol. The van der Waals surface area contributed by atoms with Gasteiger partial charge in [-0.15, -0.1) is 11.8 Å². The molecule has 1 saturated heterocycles. The first-order valence-corrected chi connectivity index (χ1v) is 5.35. The number of aliphatic carboxylic acids is 1. The van der Waals surface area contributed by atoms with Crippen LogP contribution < -0.4 is 16.8 Å². The second-order valence-electron chi connectivity index (χ2n) is 4.01. The van der Waals surface area contributed by atoms with E-state index in [0.717, 1.165) is 0 Å². The fourth-order valence-electron chi connectivity index (χ4n) is 1.49. The largest absolute Gasteiger partial charge is 0.480 e. The van der Waals surface area contributed by atoms with Crippen LogP contribution in [0.15, 0.2) is 0 Å². The van der Waals surface area contributed by atoms with E-state index in [0.29, 0.717) is 0 Å². The number of rotatable bonds is 3. The molecule has 3 atom stereocenters. The molecule has 1 aliphatic heterocycles. The highest BCUT2D eigenvalue weighted by Gasteiger charge is 2.47. The van der Waals surface area contributed by atoms with Crippen molar-refractivity contribution in [2.24, 2.45) is 11.5 Å². The summed E-state index contributed by atoms with van der Waals surface area (Å²) in [7, 11) is 0. The van der Waals surface area contributed by atoms with E-state index in [1.807, 2.05) is 0 Å². The molecule has 0 saturated carbocycles. The zero-order valence-corrected chi connectivity index (χ0v) is 9.38.